The fourth-order valence-electron chi connectivity index (χ4n) is 2.52. The van der Waals surface area contributed by atoms with Crippen LogP contribution in [-0.4, -0.2) is 69.5 Å². The first-order chi connectivity index (χ1) is 11.4. The number of hydrogen-bond donors (Lipinski definition) is 1. The molecule has 1 amide bonds. The second kappa shape index (κ2) is 9.44. The van der Waals surface area contributed by atoms with Gasteiger partial charge in [-0.1, -0.05) is 0 Å². The van der Waals surface area contributed by atoms with Crippen molar-refractivity contribution < 1.29 is 22.3 Å². The molecule has 0 aromatic heterocycles. The van der Waals surface area contributed by atoms with E-state index in [1.807, 2.05) is 0 Å². The van der Waals surface area contributed by atoms with Crippen LogP contribution in [0, 0.1) is 5.82 Å². The molecule has 0 spiro atoms. The average molecular weight is 396 g/mol. The number of methoxy groups -OCH3 is 1. The summed E-state index contributed by atoms with van der Waals surface area (Å²) in [6, 6.07) is 4.72. The van der Waals surface area contributed by atoms with Crippen molar-refractivity contribution in [3.05, 3.63) is 30.1 Å². The molecule has 1 aromatic rings. The summed E-state index contributed by atoms with van der Waals surface area (Å²) < 4.78 is 44.4. The van der Waals surface area contributed by atoms with Crippen LogP contribution in [0.1, 0.15) is 6.42 Å². The lowest BCUT2D eigenvalue weighted by Crippen LogP contribution is -2.51. The van der Waals surface area contributed by atoms with Gasteiger partial charge in [0.25, 0.3) is 0 Å². The zero-order chi connectivity index (χ0) is 17.7. The molecule has 1 saturated heterocycles. The zero-order valence-electron chi connectivity index (χ0n) is 13.9. The molecule has 10 heteroatoms. The zero-order valence-corrected chi connectivity index (χ0v) is 15.6. The van der Waals surface area contributed by atoms with E-state index in [-0.39, 0.29) is 55.4 Å². The van der Waals surface area contributed by atoms with Crippen LogP contribution in [0.25, 0.3) is 0 Å². The second-order valence-corrected chi connectivity index (χ2v) is 7.47. The molecule has 1 aliphatic rings. The third-order valence-electron chi connectivity index (χ3n) is 4.04. The summed E-state index contributed by atoms with van der Waals surface area (Å²) in [4.78, 5) is 13.8. The number of nitrogens with zero attached hydrogens (tertiary/aromatic N) is 2. The van der Waals surface area contributed by atoms with E-state index >= 15 is 0 Å². The Balaban J connectivity index is 0.00000312. The van der Waals surface area contributed by atoms with Gasteiger partial charge >= 0.3 is 0 Å². The third-order valence-corrected chi connectivity index (χ3v) is 5.95. The van der Waals surface area contributed by atoms with Gasteiger partial charge in [0, 0.05) is 39.8 Å². The van der Waals surface area contributed by atoms with E-state index in [2.05, 4.69) is 0 Å². The van der Waals surface area contributed by atoms with Gasteiger partial charge in [-0.15, -0.1) is 12.4 Å². The molecule has 25 heavy (non-hydrogen) atoms. The highest BCUT2D eigenvalue weighted by molar-refractivity contribution is 7.89. The number of benzene rings is 1. The number of sulfonamides is 1. The topological polar surface area (TPSA) is 92.9 Å². The fourth-order valence-corrected chi connectivity index (χ4v) is 3.94. The van der Waals surface area contributed by atoms with Gasteiger partial charge in [-0.05, 0) is 24.3 Å². The van der Waals surface area contributed by atoms with Gasteiger partial charge in [-0.3, -0.25) is 4.79 Å². The predicted octanol–water partition coefficient (Wildman–Crippen LogP) is 0.444. The molecule has 142 valence electrons. The molecular formula is C15H23ClFN3O4S. The molecule has 0 bridgehead atoms. The Morgan fingerprint density at radius 1 is 1.24 bits per heavy atom. The molecule has 1 aliphatic heterocycles. The molecule has 0 aliphatic carbocycles. The van der Waals surface area contributed by atoms with Gasteiger partial charge in [0.05, 0.1) is 17.4 Å². The van der Waals surface area contributed by atoms with Crippen LogP contribution in [0.5, 0.6) is 0 Å². The molecule has 1 aromatic carbocycles. The number of amides is 1. The molecule has 1 fully saturated rings. The molecule has 0 radical (unpaired) electrons. The van der Waals surface area contributed by atoms with Crippen LogP contribution < -0.4 is 5.73 Å². The lowest BCUT2D eigenvalue weighted by atomic mass is 10.2. The minimum absolute atomic E-state index is 0. The molecule has 7 nitrogen and oxygen atoms in total. The average Bonchev–Trinajstić information content (AvgIpc) is 2.60. The van der Waals surface area contributed by atoms with Crippen LogP contribution in [0.3, 0.4) is 0 Å². The number of hydrogen-bond acceptors (Lipinski definition) is 5. The molecule has 1 atom stereocenters. The van der Waals surface area contributed by atoms with Crippen LogP contribution in [0.15, 0.2) is 29.2 Å². The smallest absolute Gasteiger partial charge is 0.243 e. The maximum absolute atomic E-state index is 12.9. The van der Waals surface area contributed by atoms with Gasteiger partial charge in [-0.2, -0.15) is 4.31 Å². The summed E-state index contributed by atoms with van der Waals surface area (Å²) in [7, 11) is -2.18. The van der Waals surface area contributed by atoms with E-state index in [1.165, 1.54) is 23.5 Å². The molecule has 2 N–H and O–H groups in total. The summed E-state index contributed by atoms with van der Waals surface area (Å²) in [6.07, 6.45) is -0.156. The van der Waals surface area contributed by atoms with Crippen molar-refractivity contribution in [2.24, 2.45) is 5.73 Å². The minimum Gasteiger partial charge on any atom is -0.380 e. The molecule has 1 heterocycles. The summed E-state index contributed by atoms with van der Waals surface area (Å²) in [5.74, 6) is -0.594. The first kappa shape index (κ1) is 21.8. The van der Waals surface area contributed by atoms with Gasteiger partial charge in [0.15, 0.2) is 0 Å². The molecule has 2 rings (SSSR count). The Bertz CT molecular complexity index is 660. The predicted molar refractivity (Wildman–Crippen MR) is 93.5 cm³/mol. The van der Waals surface area contributed by atoms with Crippen molar-refractivity contribution in [2.75, 3.05) is 39.8 Å². The lowest BCUT2D eigenvalue weighted by molar-refractivity contribution is -0.134. The van der Waals surface area contributed by atoms with Crippen molar-refractivity contribution in [1.29, 1.82) is 0 Å². The van der Waals surface area contributed by atoms with E-state index < -0.39 is 15.8 Å². The van der Waals surface area contributed by atoms with Crippen LogP contribution >= 0.6 is 12.4 Å². The van der Waals surface area contributed by atoms with Crippen molar-refractivity contribution in [1.82, 2.24) is 9.21 Å². The first-order valence-corrected chi connectivity index (χ1v) is 9.09. The summed E-state index contributed by atoms with van der Waals surface area (Å²) in [5, 5.41) is 0. The van der Waals surface area contributed by atoms with Crippen molar-refractivity contribution in [3.8, 4) is 0 Å². The van der Waals surface area contributed by atoms with Crippen molar-refractivity contribution in [2.45, 2.75) is 17.4 Å². The van der Waals surface area contributed by atoms with Gasteiger partial charge in [-0.25, -0.2) is 12.8 Å². The number of ether oxygens (including phenoxy) is 1. The second-order valence-electron chi connectivity index (χ2n) is 5.54. The minimum atomic E-state index is -3.68. The Labute approximate surface area is 153 Å². The Hall–Kier alpha value is -1.26. The van der Waals surface area contributed by atoms with Crippen molar-refractivity contribution >= 4 is 28.3 Å². The van der Waals surface area contributed by atoms with Gasteiger partial charge < -0.3 is 15.4 Å². The van der Waals surface area contributed by atoms with Crippen LogP contribution in [0.2, 0.25) is 0 Å². The first-order valence-electron chi connectivity index (χ1n) is 7.65. The van der Waals surface area contributed by atoms with Crippen molar-refractivity contribution in [3.63, 3.8) is 0 Å². The fraction of sp³-hybridized carbons (Fsp3) is 0.533. The quantitative estimate of drug-likeness (QED) is 0.754. The summed E-state index contributed by atoms with van der Waals surface area (Å²) in [5.41, 5.74) is 5.51. The van der Waals surface area contributed by atoms with Crippen LogP contribution in [-0.2, 0) is 19.6 Å². The SMILES string of the molecule is COC(CN)CC(=O)N1CCN(S(=O)(=O)c2ccc(F)cc2)CC1.Cl. The summed E-state index contributed by atoms with van der Waals surface area (Å²) >= 11 is 0. The standard InChI is InChI=1S/C15H22FN3O4S.ClH/c1-23-13(11-17)10-15(20)18-6-8-19(9-7-18)24(21,22)14-4-2-12(16)3-5-14;/h2-5,13H,6-11,17H2,1H3;1H. The normalized spacial score (nSPS) is 17.0. The lowest BCUT2D eigenvalue weighted by Gasteiger charge is -2.34. The molecule has 1 unspecified atom stereocenters. The van der Waals surface area contributed by atoms with Crippen LogP contribution in [0.4, 0.5) is 4.39 Å². The Morgan fingerprint density at radius 3 is 2.28 bits per heavy atom. The number of carbonyl (C=O) groups excluding carboxylic acids is 1. The summed E-state index contributed by atoms with van der Waals surface area (Å²) in [6.45, 7) is 1.26. The largest absolute Gasteiger partial charge is 0.380 e. The number of halogens is 2. The number of rotatable bonds is 6. The monoisotopic (exact) mass is 395 g/mol. The van der Waals surface area contributed by atoms with E-state index in [1.54, 1.807) is 4.90 Å². The van der Waals surface area contributed by atoms with E-state index in [9.17, 15) is 17.6 Å². The Kier molecular flexibility index (Phi) is 8.23. The molecule has 0 saturated carbocycles. The maximum Gasteiger partial charge on any atom is 0.243 e. The highest BCUT2D eigenvalue weighted by Crippen LogP contribution is 2.18. The molecular weight excluding hydrogens is 373 g/mol. The number of carbonyl (C=O) groups is 1. The van der Waals surface area contributed by atoms with E-state index in [0.717, 1.165) is 12.1 Å². The van der Waals surface area contributed by atoms with E-state index in [4.69, 9.17) is 10.5 Å². The van der Waals surface area contributed by atoms with E-state index in [0.29, 0.717) is 13.1 Å². The number of piperazine rings is 1. The highest BCUT2D eigenvalue weighted by atomic mass is 35.5. The highest BCUT2D eigenvalue weighted by Gasteiger charge is 2.30. The maximum atomic E-state index is 12.9. The third kappa shape index (κ3) is 5.35. The number of nitrogens with two attached hydrogens (primary N) is 1. The van der Waals surface area contributed by atoms with Gasteiger partial charge in [0.2, 0.25) is 15.9 Å². The van der Waals surface area contributed by atoms with Gasteiger partial charge in [0.1, 0.15) is 5.82 Å². The Morgan fingerprint density at radius 2 is 1.80 bits per heavy atom.